The monoisotopic (exact) mass is 322 g/mol. The van der Waals surface area contributed by atoms with E-state index in [-0.39, 0.29) is 6.09 Å². The first-order valence-corrected chi connectivity index (χ1v) is 8.67. The Kier molecular flexibility index (Phi) is 6.10. The van der Waals surface area contributed by atoms with Crippen molar-refractivity contribution in [3.05, 3.63) is 23.7 Å². The summed E-state index contributed by atoms with van der Waals surface area (Å²) < 4.78 is 11.1. The molecular formula is C18H30N2O3. The van der Waals surface area contributed by atoms with Crippen molar-refractivity contribution in [2.45, 2.75) is 71.6 Å². The fourth-order valence-corrected chi connectivity index (χ4v) is 2.42. The minimum atomic E-state index is -0.432. The number of amides is 1. The van der Waals surface area contributed by atoms with Crippen LogP contribution in [0.25, 0.3) is 0 Å². The number of hydrogen-bond acceptors (Lipinski definition) is 4. The number of nitrogens with one attached hydrogen (secondary N) is 1. The molecule has 130 valence electrons. The molecule has 0 bridgehead atoms. The fraction of sp³-hybridized carbons (Fsp3) is 0.722. The summed E-state index contributed by atoms with van der Waals surface area (Å²) in [5, 5.41) is 3.37. The van der Waals surface area contributed by atoms with E-state index in [1.165, 1.54) is 0 Å². The SMILES string of the molecule is CCc1ccc(CNCCCN(C(=O)OC(C)(C)C)C2CC2)o1. The van der Waals surface area contributed by atoms with Crippen molar-refractivity contribution >= 4 is 6.09 Å². The summed E-state index contributed by atoms with van der Waals surface area (Å²) in [6.45, 7) is 10.1. The van der Waals surface area contributed by atoms with E-state index in [1.807, 2.05) is 37.8 Å². The summed E-state index contributed by atoms with van der Waals surface area (Å²) >= 11 is 0. The van der Waals surface area contributed by atoms with Crippen LogP contribution >= 0.6 is 0 Å². The lowest BCUT2D eigenvalue weighted by molar-refractivity contribution is 0.0232. The van der Waals surface area contributed by atoms with Crippen LogP contribution < -0.4 is 5.32 Å². The van der Waals surface area contributed by atoms with Crippen molar-refractivity contribution in [3.8, 4) is 0 Å². The van der Waals surface area contributed by atoms with Gasteiger partial charge in [-0.05, 0) is 58.7 Å². The van der Waals surface area contributed by atoms with Crippen LogP contribution in [-0.2, 0) is 17.7 Å². The largest absolute Gasteiger partial charge is 0.465 e. The molecule has 1 aromatic rings. The van der Waals surface area contributed by atoms with Gasteiger partial charge in [0.25, 0.3) is 0 Å². The molecule has 23 heavy (non-hydrogen) atoms. The van der Waals surface area contributed by atoms with Crippen LogP contribution in [0.4, 0.5) is 4.79 Å². The maximum absolute atomic E-state index is 12.2. The third-order valence-electron chi connectivity index (χ3n) is 3.73. The Balaban J connectivity index is 1.67. The van der Waals surface area contributed by atoms with Gasteiger partial charge >= 0.3 is 6.09 Å². The van der Waals surface area contributed by atoms with Crippen molar-refractivity contribution in [1.29, 1.82) is 0 Å². The van der Waals surface area contributed by atoms with Gasteiger partial charge in [0.2, 0.25) is 0 Å². The minimum Gasteiger partial charge on any atom is -0.465 e. The third-order valence-corrected chi connectivity index (χ3v) is 3.73. The smallest absolute Gasteiger partial charge is 0.410 e. The van der Waals surface area contributed by atoms with Gasteiger partial charge in [-0.15, -0.1) is 0 Å². The van der Waals surface area contributed by atoms with Gasteiger partial charge in [-0.1, -0.05) is 6.92 Å². The molecule has 1 aliphatic carbocycles. The first-order chi connectivity index (χ1) is 10.9. The highest BCUT2D eigenvalue weighted by molar-refractivity contribution is 5.69. The molecule has 0 spiro atoms. The highest BCUT2D eigenvalue weighted by atomic mass is 16.6. The van der Waals surface area contributed by atoms with Crippen molar-refractivity contribution in [2.75, 3.05) is 13.1 Å². The molecule has 0 saturated heterocycles. The molecule has 1 fully saturated rings. The van der Waals surface area contributed by atoms with Gasteiger partial charge in [-0.3, -0.25) is 0 Å². The molecule has 1 heterocycles. The standard InChI is InChI=1S/C18H30N2O3/c1-5-15-9-10-16(22-15)13-19-11-6-12-20(14-7-8-14)17(21)23-18(2,3)4/h9-10,14,19H,5-8,11-13H2,1-4H3. The summed E-state index contributed by atoms with van der Waals surface area (Å²) in [6, 6.07) is 4.42. The van der Waals surface area contributed by atoms with E-state index in [1.54, 1.807) is 0 Å². The second-order valence-electron chi connectivity index (χ2n) is 7.16. The topological polar surface area (TPSA) is 54.7 Å². The minimum absolute atomic E-state index is 0.182. The van der Waals surface area contributed by atoms with E-state index >= 15 is 0 Å². The molecule has 0 radical (unpaired) electrons. The zero-order chi connectivity index (χ0) is 16.9. The quantitative estimate of drug-likeness (QED) is 0.741. The summed E-state index contributed by atoms with van der Waals surface area (Å²) in [5.74, 6) is 1.99. The highest BCUT2D eigenvalue weighted by Gasteiger charge is 2.34. The van der Waals surface area contributed by atoms with Crippen LogP contribution in [-0.4, -0.2) is 35.7 Å². The van der Waals surface area contributed by atoms with Gasteiger partial charge in [-0.2, -0.15) is 0 Å². The molecule has 5 heteroatoms. The zero-order valence-corrected chi connectivity index (χ0v) is 14.9. The molecule has 1 amide bonds. The lowest BCUT2D eigenvalue weighted by Crippen LogP contribution is -2.39. The number of rotatable bonds is 8. The van der Waals surface area contributed by atoms with E-state index in [0.717, 1.165) is 56.8 Å². The molecule has 0 atom stereocenters. The molecule has 1 saturated carbocycles. The van der Waals surface area contributed by atoms with Crippen LogP contribution in [0.3, 0.4) is 0 Å². The van der Waals surface area contributed by atoms with Crippen molar-refractivity contribution in [3.63, 3.8) is 0 Å². The van der Waals surface area contributed by atoms with Crippen molar-refractivity contribution in [2.24, 2.45) is 0 Å². The Bertz CT molecular complexity index is 501. The molecule has 0 aliphatic heterocycles. The van der Waals surface area contributed by atoms with Crippen LogP contribution in [0.2, 0.25) is 0 Å². The van der Waals surface area contributed by atoms with E-state index in [4.69, 9.17) is 9.15 Å². The zero-order valence-electron chi connectivity index (χ0n) is 14.9. The number of hydrogen-bond donors (Lipinski definition) is 1. The van der Waals surface area contributed by atoms with E-state index in [9.17, 15) is 4.79 Å². The second-order valence-corrected chi connectivity index (χ2v) is 7.16. The number of ether oxygens (including phenoxy) is 1. The third kappa shape index (κ3) is 6.26. The van der Waals surface area contributed by atoms with E-state index < -0.39 is 5.60 Å². The van der Waals surface area contributed by atoms with Gasteiger partial charge in [0.15, 0.2) is 0 Å². The first-order valence-electron chi connectivity index (χ1n) is 8.67. The normalized spacial score (nSPS) is 14.8. The van der Waals surface area contributed by atoms with Gasteiger partial charge in [-0.25, -0.2) is 4.79 Å². The summed E-state index contributed by atoms with van der Waals surface area (Å²) in [6.07, 6.45) is 3.85. The summed E-state index contributed by atoms with van der Waals surface area (Å²) in [4.78, 5) is 14.1. The molecule has 0 unspecified atom stereocenters. The highest BCUT2D eigenvalue weighted by Crippen LogP contribution is 2.28. The van der Waals surface area contributed by atoms with Gasteiger partial charge in [0.1, 0.15) is 17.1 Å². The lowest BCUT2D eigenvalue weighted by Gasteiger charge is -2.27. The second kappa shape index (κ2) is 7.86. The number of furan rings is 1. The van der Waals surface area contributed by atoms with Gasteiger partial charge in [0.05, 0.1) is 6.54 Å². The lowest BCUT2D eigenvalue weighted by atomic mass is 10.2. The average molecular weight is 322 g/mol. The first kappa shape index (κ1) is 17.9. The molecule has 1 aliphatic rings. The van der Waals surface area contributed by atoms with Gasteiger partial charge < -0.3 is 19.4 Å². The van der Waals surface area contributed by atoms with Crippen LogP contribution in [0.15, 0.2) is 16.5 Å². The van der Waals surface area contributed by atoms with Gasteiger partial charge in [0, 0.05) is 19.0 Å². The molecule has 2 rings (SSSR count). The predicted octanol–water partition coefficient (Wildman–Crippen LogP) is 3.72. The van der Waals surface area contributed by atoms with Crippen LogP contribution in [0, 0.1) is 0 Å². The maximum atomic E-state index is 12.2. The predicted molar refractivity (Wildman–Crippen MR) is 90.4 cm³/mol. The number of carbonyl (C=O) groups is 1. The van der Waals surface area contributed by atoms with E-state index in [2.05, 4.69) is 12.2 Å². The van der Waals surface area contributed by atoms with Crippen molar-refractivity contribution < 1.29 is 13.9 Å². The molecule has 1 N–H and O–H groups in total. The molecule has 1 aromatic heterocycles. The fourth-order valence-electron chi connectivity index (χ4n) is 2.42. The Morgan fingerprint density at radius 3 is 2.61 bits per heavy atom. The Morgan fingerprint density at radius 1 is 1.35 bits per heavy atom. The number of nitrogens with zero attached hydrogens (tertiary/aromatic N) is 1. The molecular weight excluding hydrogens is 292 g/mol. The van der Waals surface area contributed by atoms with Crippen molar-refractivity contribution in [1.82, 2.24) is 10.2 Å². The van der Waals surface area contributed by atoms with Crippen LogP contribution in [0.5, 0.6) is 0 Å². The van der Waals surface area contributed by atoms with Crippen LogP contribution in [0.1, 0.15) is 58.5 Å². The molecule has 0 aromatic carbocycles. The summed E-state index contributed by atoms with van der Waals surface area (Å²) in [5.41, 5.74) is -0.432. The molecule has 5 nitrogen and oxygen atoms in total. The Morgan fingerprint density at radius 2 is 2.04 bits per heavy atom. The summed E-state index contributed by atoms with van der Waals surface area (Å²) in [7, 11) is 0. The Labute approximate surface area is 139 Å². The number of carbonyl (C=O) groups excluding carboxylic acids is 1. The van der Waals surface area contributed by atoms with E-state index in [0.29, 0.717) is 6.04 Å². The Hall–Kier alpha value is -1.49. The average Bonchev–Trinajstić information content (AvgIpc) is 3.19. The maximum Gasteiger partial charge on any atom is 0.410 e. The number of aryl methyl sites for hydroxylation is 1.